The number of hydrogen-bond donors (Lipinski definition) is 1. The lowest BCUT2D eigenvalue weighted by molar-refractivity contribution is -0.141. The van der Waals surface area contributed by atoms with Gasteiger partial charge in [-0.1, -0.05) is 49.4 Å². The summed E-state index contributed by atoms with van der Waals surface area (Å²) in [6.45, 7) is 7.78. The molecule has 2 aromatic rings. The summed E-state index contributed by atoms with van der Waals surface area (Å²) in [4.78, 5) is 40.6. The fraction of sp³-hybridized carbons (Fsp3) is 0.444. The standard InChI is InChI=1S/C27H35N3O5S/c1-5-22(25(32)28-27(2,3)4)29(19-17-20-12-7-6-8-13-20)24(31)16-11-18-30-26(33)21-14-9-10-15-23(21)36(30,34)35/h6-10,12-15,22H,5,11,16-19H2,1-4H3,(H,28,32)/t22-/m0/s1. The molecule has 0 saturated heterocycles. The van der Waals surface area contributed by atoms with Crippen LogP contribution in [0, 0.1) is 0 Å². The molecule has 1 atom stereocenters. The van der Waals surface area contributed by atoms with Gasteiger partial charge in [0.05, 0.1) is 5.56 Å². The van der Waals surface area contributed by atoms with Crippen LogP contribution >= 0.6 is 0 Å². The van der Waals surface area contributed by atoms with Crippen LogP contribution in [0.1, 0.15) is 62.9 Å². The lowest BCUT2D eigenvalue weighted by atomic mass is 10.0. The first kappa shape index (κ1) is 27.4. The number of nitrogens with one attached hydrogen (secondary N) is 1. The van der Waals surface area contributed by atoms with E-state index in [9.17, 15) is 22.8 Å². The minimum Gasteiger partial charge on any atom is -0.350 e. The van der Waals surface area contributed by atoms with Crippen LogP contribution in [0.25, 0.3) is 0 Å². The number of fused-ring (bicyclic) bond motifs is 1. The smallest absolute Gasteiger partial charge is 0.269 e. The van der Waals surface area contributed by atoms with Crippen molar-refractivity contribution in [2.75, 3.05) is 13.1 Å². The van der Waals surface area contributed by atoms with E-state index in [4.69, 9.17) is 0 Å². The van der Waals surface area contributed by atoms with Gasteiger partial charge >= 0.3 is 0 Å². The number of benzene rings is 2. The van der Waals surface area contributed by atoms with Crippen LogP contribution in [-0.4, -0.2) is 60.0 Å². The number of rotatable bonds is 10. The second-order valence-electron chi connectivity index (χ2n) is 9.97. The zero-order valence-electron chi connectivity index (χ0n) is 21.4. The van der Waals surface area contributed by atoms with Crippen LogP contribution in [0.3, 0.4) is 0 Å². The third-order valence-corrected chi connectivity index (χ3v) is 7.87. The van der Waals surface area contributed by atoms with Crippen LogP contribution < -0.4 is 5.32 Å². The van der Waals surface area contributed by atoms with Gasteiger partial charge in [-0.2, -0.15) is 0 Å². The van der Waals surface area contributed by atoms with Crippen molar-refractivity contribution in [3.05, 3.63) is 65.7 Å². The summed E-state index contributed by atoms with van der Waals surface area (Å²) in [5.41, 5.74) is 0.754. The minimum atomic E-state index is -3.92. The van der Waals surface area contributed by atoms with Crippen LogP contribution in [0.15, 0.2) is 59.5 Å². The van der Waals surface area contributed by atoms with E-state index in [1.807, 2.05) is 58.0 Å². The molecule has 1 aliphatic heterocycles. The Morgan fingerprint density at radius 1 is 1.03 bits per heavy atom. The summed E-state index contributed by atoms with van der Waals surface area (Å²) < 4.78 is 26.4. The van der Waals surface area contributed by atoms with Gasteiger partial charge in [0.1, 0.15) is 10.9 Å². The zero-order chi connectivity index (χ0) is 26.5. The van der Waals surface area contributed by atoms with E-state index in [0.717, 1.165) is 9.87 Å². The molecule has 0 aliphatic carbocycles. The molecule has 0 unspecified atom stereocenters. The second kappa shape index (κ2) is 11.2. The number of hydrogen-bond acceptors (Lipinski definition) is 5. The van der Waals surface area contributed by atoms with Gasteiger partial charge in [0, 0.05) is 25.0 Å². The predicted molar refractivity (Wildman–Crippen MR) is 138 cm³/mol. The molecular formula is C27H35N3O5S. The molecule has 0 saturated carbocycles. The molecule has 9 heteroatoms. The van der Waals surface area contributed by atoms with Gasteiger partial charge in [-0.05, 0) is 57.7 Å². The molecule has 194 valence electrons. The van der Waals surface area contributed by atoms with E-state index in [2.05, 4.69) is 5.32 Å². The molecule has 0 radical (unpaired) electrons. The van der Waals surface area contributed by atoms with Crippen molar-refractivity contribution in [1.82, 2.24) is 14.5 Å². The molecule has 2 aromatic carbocycles. The highest BCUT2D eigenvalue weighted by Crippen LogP contribution is 2.30. The summed E-state index contributed by atoms with van der Waals surface area (Å²) in [6.07, 6.45) is 1.21. The highest BCUT2D eigenvalue weighted by atomic mass is 32.2. The zero-order valence-corrected chi connectivity index (χ0v) is 22.2. The number of carbonyl (C=O) groups is 3. The van der Waals surface area contributed by atoms with Crippen molar-refractivity contribution >= 4 is 27.7 Å². The molecule has 0 bridgehead atoms. The van der Waals surface area contributed by atoms with Gasteiger partial charge in [-0.3, -0.25) is 14.4 Å². The first-order valence-corrected chi connectivity index (χ1v) is 13.7. The Morgan fingerprint density at radius 2 is 1.67 bits per heavy atom. The van der Waals surface area contributed by atoms with Crippen molar-refractivity contribution in [2.45, 2.75) is 69.9 Å². The van der Waals surface area contributed by atoms with E-state index in [1.54, 1.807) is 17.0 Å². The SMILES string of the molecule is CC[C@@H](C(=O)NC(C)(C)C)N(CCc1ccccc1)C(=O)CCCN1C(=O)c2ccccc2S1(=O)=O. The quantitative estimate of drug-likeness (QED) is 0.525. The molecule has 3 amide bonds. The monoisotopic (exact) mass is 513 g/mol. The first-order chi connectivity index (χ1) is 17.0. The van der Waals surface area contributed by atoms with E-state index < -0.39 is 27.5 Å². The molecule has 0 aromatic heterocycles. The van der Waals surface area contributed by atoms with Gasteiger partial charge in [-0.25, -0.2) is 12.7 Å². The summed E-state index contributed by atoms with van der Waals surface area (Å²) in [5.74, 6) is -1.04. The number of amides is 3. The maximum Gasteiger partial charge on any atom is 0.269 e. The van der Waals surface area contributed by atoms with Gasteiger partial charge in [0.2, 0.25) is 11.8 Å². The summed E-state index contributed by atoms with van der Waals surface area (Å²) in [5, 5.41) is 2.97. The second-order valence-corrected chi connectivity index (χ2v) is 11.8. The fourth-order valence-electron chi connectivity index (χ4n) is 4.32. The average Bonchev–Trinajstić information content (AvgIpc) is 3.01. The highest BCUT2D eigenvalue weighted by molar-refractivity contribution is 7.90. The lowest BCUT2D eigenvalue weighted by Gasteiger charge is -2.33. The topological polar surface area (TPSA) is 104 Å². The molecule has 1 N–H and O–H groups in total. The molecular weight excluding hydrogens is 478 g/mol. The third-order valence-electron chi connectivity index (χ3n) is 6.03. The van der Waals surface area contributed by atoms with E-state index in [0.29, 0.717) is 19.4 Å². The number of sulfonamides is 1. The van der Waals surface area contributed by atoms with Gasteiger partial charge in [0.15, 0.2) is 0 Å². The largest absolute Gasteiger partial charge is 0.350 e. The Kier molecular flexibility index (Phi) is 8.55. The van der Waals surface area contributed by atoms with Crippen molar-refractivity contribution in [3.8, 4) is 0 Å². The van der Waals surface area contributed by atoms with Gasteiger partial charge < -0.3 is 10.2 Å². The fourth-order valence-corrected chi connectivity index (χ4v) is 5.93. The maximum atomic E-state index is 13.4. The molecule has 1 heterocycles. The minimum absolute atomic E-state index is 0.00397. The summed E-state index contributed by atoms with van der Waals surface area (Å²) in [6, 6.07) is 15.2. The van der Waals surface area contributed by atoms with E-state index in [1.165, 1.54) is 12.1 Å². The molecule has 8 nitrogen and oxygen atoms in total. The van der Waals surface area contributed by atoms with E-state index >= 15 is 0 Å². The maximum absolute atomic E-state index is 13.4. The van der Waals surface area contributed by atoms with Crippen molar-refractivity contribution < 1.29 is 22.8 Å². The van der Waals surface area contributed by atoms with Gasteiger partial charge in [-0.15, -0.1) is 0 Å². The van der Waals surface area contributed by atoms with Crippen molar-refractivity contribution in [1.29, 1.82) is 0 Å². The molecule has 3 rings (SSSR count). The van der Waals surface area contributed by atoms with Gasteiger partial charge in [0.25, 0.3) is 15.9 Å². The normalized spacial score (nSPS) is 15.3. The molecule has 1 aliphatic rings. The Morgan fingerprint density at radius 3 is 2.28 bits per heavy atom. The molecule has 0 fully saturated rings. The number of carbonyl (C=O) groups excluding carboxylic acids is 3. The average molecular weight is 514 g/mol. The predicted octanol–water partition coefficient (Wildman–Crippen LogP) is 3.38. The Balaban J connectivity index is 1.71. The third kappa shape index (κ3) is 6.32. The van der Waals surface area contributed by atoms with Crippen LogP contribution in [0.4, 0.5) is 0 Å². The Hall–Kier alpha value is -3.20. The first-order valence-electron chi connectivity index (χ1n) is 12.3. The Labute approximate surface area is 213 Å². The van der Waals surface area contributed by atoms with Crippen molar-refractivity contribution in [3.63, 3.8) is 0 Å². The Bertz CT molecular complexity index is 1210. The molecule has 0 spiro atoms. The van der Waals surface area contributed by atoms with Crippen LogP contribution in [0.5, 0.6) is 0 Å². The lowest BCUT2D eigenvalue weighted by Crippen LogP contribution is -2.54. The highest BCUT2D eigenvalue weighted by Gasteiger charge is 2.40. The molecule has 36 heavy (non-hydrogen) atoms. The van der Waals surface area contributed by atoms with Crippen molar-refractivity contribution in [2.24, 2.45) is 0 Å². The summed E-state index contributed by atoms with van der Waals surface area (Å²) in [7, 11) is -3.92. The number of nitrogens with zero attached hydrogens (tertiary/aromatic N) is 2. The van der Waals surface area contributed by atoms with E-state index in [-0.39, 0.29) is 41.7 Å². The summed E-state index contributed by atoms with van der Waals surface area (Å²) >= 11 is 0. The van der Waals surface area contributed by atoms with Crippen LogP contribution in [-0.2, 0) is 26.0 Å². The van der Waals surface area contributed by atoms with Crippen LogP contribution in [0.2, 0.25) is 0 Å².